The third kappa shape index (κ3) is 3.46. The van der Waals surface area contributed by atoms with Crippen LogP contribution in [0.1, 0.15) is 24.1 Å². The van der Waals surface area contributed by atoms with Gasteiger partial charge in [-0.3, -0.25) is 0 Å². The molecule has 0 aliphatic carbocycles. The van der Waals surface area contributed by atoms with Crippen LogP contribution in [0.2, 0.25) is 5.02 Å². The van der Waals surface area contributed by atoms with E-state index in [0.29, 0.717) is 0 Å². The van der Waals surface area contributed by atoms with Crippen molar-refractivity contribution in [3.8, 4) is 0 Å². The number of benzene rings is 2. The number of rotatable bonds is 4. The van der Waals surface area contributed by atoms with E-state index in [4.69, 9.17) is 16.7 Å². The van der Waals surface area contributed by atoms with Crippen molar-refractivity contribution in [3.05, 3.63) is 64.4 Å². The highest BCUT2D eigenvalue weighted by Crippen LogP contribution is 2.24. The minimum absolute atomic E-state index is 0.00623. The first-order chi connectivity index (χ1) is 9.10. The molecular weight excluding hydrogens is 265 g/mol. The van der Waals surface area contributed by atoms with E-state index in [9.17, 15) is 4.39 Å². The maximum absolute atomic E-state index is 13.1. The summed E-state index contributed by atoms with van der Waals surface area (Å²) in [6.07, 6.45) is 0. The van der Waals surface area contributed by atoms with E-state index in [0.717, 1.165) is 16.8 Å². The van der Waals surface area contributed by atoms with Crippen molar-refractivity contribution < 1.29 is 9.50 Å². The third-order valence-corrected chi connectivity index (χ3v) is 3.23. The van der Waals surface area contributed by atoms with E-state index in [1.807, 2.05) is 31.2 Å². The molecule has 4 heteroatoms. The largest absolute Gasteiger partial charge is 0.392 e. The van der Waals surface area contributed by atoms with E-state index < -0.39 is 5.82 Å². The van der Waals surface area contributed by atoms with Crippen LogP contribution in [-0.4, -0.2) is 5.11 Å². The molecule has 0 radical (unpaired) electrons. The van der Waals surface area contributed by atoms with Crippen LogP contribution in [0, 0.1) is 5.82 Å². The van der Waals surface area contributed by atoms with E-state index in [2.05, 4.69) is 5.32 Å². The molecule has 0 saturated heterocycles. The fourth-order valence-corrected chi connectivity index (χ4v) is 2.06. The molecule has 0 saturated carbocycles. The van der Waals surface area contributed by atoms with E-state index in [1.54, 1.807) is 12.1 Å². The predicted molar refractivity (Wildman–Crippen MR) is 75.8 cm³/mol. The lowest BCUT2D eigenvalue weighted by molar-refractivity contribution is 0.282. The van der Waals surface area contributed by atoms with E-state index in [-0.39, 0.29) is 17.7 Å². The van der Waals surface area contributed by atoms with Crippen molar-refractivity contribution in [3.63, 3.8) is 0 Å². The summed E-state index contributed by atoms with van der Waals surface area (Å²) in [5.41, 5.74) is 2.65. The maximum atomic E-state index is 13.1. The van der Waals surface area contributed by atoms with Gasteiger partial charge in [0.2, 0.25) is 0 Å². The van der Waals surface area contributed by atoms with Crippen LogP contribution in [0.3, 0.4) is 0 Å². The molecule has 2 N–H and O–H groups in total. The third-order valence-electron chi connectivity index (χ3n) is 2.94. The average Bonchev–Trinajstić information content (AvgIpc) is 2.42. The zero-order valence-electron chi connectivity index (χ0n) is 10.5. The summed E-state index contributed by atoms with van der Waals surface area (Å²) in [6.45, 7) is 1.97. The molecule has 0 aromatic heterocycles. The maximum Gasteiger partial charge on any atom is 0.141 e. The van der Waals surface area contributed by atoms with Crippen LogP contribution in [0.25, 0.3) is 0 Å². The van der Waals surface area contributed by atoms with Crippen LogP contribution in [0.4, 0.5) is 10.1 Å². The molecule has 0 amide bonds. The summed E-state index contributed by atoms with van der Waals surface area (Å²) in [5, 5.41) is 12.5. The minimum Gasteiger partial charge on any atom is -0.392 e. The predicted octanol–water partition coefficient (Wildman–Crippen LogP) is 4.14. The first-order valence-electron chi connectivity index (χ1n) is 6.01. The van der Waals surface area contributed by atoms with E-state index >= 15 is 0 Å². The number of anilines is 1. The number of hydrogen-bond donors (Lipinski definition) is 2. The Morgan fingerprint density at radius 2 is 2.05 bits per heavy atom. The molecule has 1 atom stereocenters. The normalized spacial score (nSPS) is 12.2. The first kappa shape index (κ1) is 13.8. The molecule has 1 unspecified atom stereocenters. The van der Waals surface area contributed by atoms with Crippen molar-refractivity contribution in [2.75, 3.05) is 5.32 Å². The monoisotopic (exact) mass is 279 g/mol. The first-order valence-corrected chi connectivity index (χ1v) is 6.39. The quantitative estimate of drug-likeness (QED) is 0.881. The van der Waals surface area contributed by atoms with Crippen LogP contribution >= 0.6 is 11.6 Å². The van der Waals surface area contributed by atoms with Crippen molar-refractivity contribution >= 4 is 17.3 Å². The van der Waals surface area contributed by atoms with Gasteiger partial charge in [-0.2, -0.15) is 0 Å². The number of hydrogen-bond acceptors (Lipinski definition) is 2. The fraction of sp³-hybridized carbons (Fsp3) is 0.200. The summed E-state index contributed by atoms with van der Waals surface area (Å²) in [6, 6.07) is 12.2. The SMILES string of the molecule is CC(Nc1cccc(CO)c1)c1ccc(F)c(Cl)c1. The molecule has 0 fully saturated rings. The molecular formula is C15H15ClFNO. The smallest absolute Gasteiger partial charge is 0.141 e. The van der Waals surface area contributed by atoms with Gasteiger partial charge in [0.05, 0.1) is 11.6 Å². The van der Waals surface area contributed by atoms with Crippen molar-refractivity contribution in [1.82, 2.24) is 0 Å². The van der Waals surface area contributed by atoms with Crippen LogP contribution in [0.15, 0.2) is 42.5 Å². The van der Waals surface area contributed by atoms with Crippen molar-refractivity contribution in [2.45, 2.75) is 19.6 Å². The molecule has 19 heavy (non-hydrogen) atoms. The number of nitrogens with one attached hydrogen (secondary N) is 1. The Morgan fingerprint density at radius 1 is 1.26 bits per heavy atom. The van der Waals surface area contributed by atoms with Gasteiger partial charge in [0.25, 0.3) is 0 Å². The molecule has 0 aliphatic heterocycles. The second-order valence-corrected chi connectivity index (χ2v) is 4.81. The average molecular weight is 280 g/mol. The summed E-state index contributed by atoms with van der Waals surface area (Å²) >= 11 is 5.77. The van der Waals surface area contributed by atoms with Gasteiger partial charge in [0.1, 0.15) is 5.82 Å². The summed E-state index contributed by atoms with van der Waals surface area (Å²) < 4.78 is 13.1. The number of halogens is 2. The zero-order valence-corrected chi connectivity index (χ0v) is 11.3. The molecule has 0 spiro atoms. The van der Waals surface area contributed by atoms with Crippen molar-refractivity contribution in [1.29, 1.82) is 0 Å². The van der Waals surface area contributed by atoms with Crippen LogP contribution in [0.5, 0.6) is 0 Å². The van der Waals surface area contributed by atoms with Gasteiger partial charge in [0.15, 0.2) is 0 Å². The zero-order chi connectivity index (χ0) is 13.8. The lowest BCUT2D eigenvalue weighted by atomic mass is 10.1. The Labute approximate surface area is 116 Å². The van der Waals surface area contributed by atoms with Crippen molar-refractivity contribution in [2.24, 2.45) is 0 Å². The molecule has 2 aromatic rings. The molecule has 0 aliphatic rings. The Bertz CT molecular complexity index is 574. The molecule has 2 nitrogen and oxygen atoms in total. The second-order valence-electron chi connectivity index (χ2n) is 4.40. The molecule has 2 rings (SSSR count). The lowest BCUT2D eigenvalue weighted by Gasteiger charge is -2.16. The van der Waals surface area contributed by atoms with Crippen LogP contribution < -0.4 is 5.32 Å². The summed E-state index contributed by atoms with van der Waals surface area (Å²) in [5.74, 6) is -0.417. The van der Waals surface area contributed by atoms with Gasteiger partial charge < -0.3 is 10.4 Å². The number of aliphatic hydroxyl groups excluding tert-OH is 1. The van der Waals surface area contributed by atoms with E-state index in [1.165, 1.54) is 6.07 Å². The van der Waals surface area contributed by atoms with Gasteiger partial charge in [-0.25, -0.2) is 4.39 Å². The highest BCUT2D eigenvalue weighted by atomic mass is 35.5. The molecule has 0 heterocycles. The molecule has 2 aromatic carbocycles. The van der Waals surface area contributed by atoms with Gasteiger partial charge in [0, 0.05) is 11.7 Å². The fourth-order valence-electron chi connectivity index (χ4n) is 1.87. The topological polar surface area (TPSA) is 32.3 Å². The van der Waals surface area contributed by atoms with Gasteiger partial charge >= 0.3 is 0 Å². The highest BCUT2D eigenvalue weighted by Gasteiger charge is 2.08. The standard InChI is InChI=1S/C15H15ClFNO/c1-10(12-5-6-15(17)14(16)8-12)18-13-4-2-3-11(7-13)9-19/h2-8,10,18-19H,9H2,1H3. The van der Waals surface area contributed by atoms with Gasteiger partial charge in [-0.15, -0.1) is 0 Å². The van der Waals surface area contributed by atoms with Gasteiger partial charge in [-0.1, -0.05) is 29.8 Å². The highest BCUT2D eigenvalue weighted by molar-refractivity contribution is 6.30. The Morgan fingerprint density at radius 3 is 2.74 bits per heavy atom. The van der Waals surface area contributed by atoms with Gasteiger partial charge in [-0.05, 0) is 42.3 Å². The minimum atomic E-state index is -0.417. The Kier molecular flexibility index (Phi) is 4.40. The molecule has 100 valence electrons. The molecule has 0 bridgehead atoms. The Hall–Kier alpha value is -1.58. The Balaban J connectivity index is 2.15. The van der Waals surface area contributed by atoms with Crippen LogP contribution in [-0.2, 0) is 6.61 Å². The summed E-state index contributed by atoms with van der Waals surface area (Å²) in [4.78, 5) is 0. The second kappa shape index (κ2) is 6.04. The number of aliphatic hydroxyl groups is 1. The lowest BCUT2D eigenvalue weighted by Crippen LogP contribution is -2.07. The summed E-state index contributed by atoms with van der Waals surface area (Å²) in [7, 11) is 0.